The Morgan fingerprint density at radius 3 is 2.00 bits per heavy atom. The van der Waals surface area contributed by atoms with Crippen molar-refractivity contribution in [3.8, 4) is 11.1 Å². The van der Waals surface area contributed by atoms with Crippen LogP contribution in [0.5, 0.6) is 0 Å². The van der Waals surface area contributed by atoms with Crippen LogP contribution in [-0.4, -0.2) is 0 Å². The van der Waals surface area contributed by atoms with Crippen LogP contribution in [0.3, 0.4) is 0 Å². The summed E-state index contributed by atoms with van der Waals surface area (Å²) in [6, 6.07) is 11.9. The Bertz CT molecular complexity index is 675. The largest absolute Gasteiger partial charge is 1.00 e. The molecular formula is C19H21Cl2Zr. The molecule has 0 fully saturated rings. The first-order valence-corrected chi connectivity index (χ1v) is 8.72. The molecule has 0 unspecified atom stereocenters. The molecule has 0 radical (unpaired) electrons. The van der Waals surface area contributed by atoms with Crippen molar-refractivity contribution < 1.29 is 49.5 Å². The standard InChI is InChI=1S/C19H21.2ClH.Zr/c1-12(2)14-5-7-16-9-17-8-6-15(13(3)4)11-19(17)18(16)10-14;;;/h5-7,10-13H,9H2,1-4H3;2*1H;/q;;;+2/p-2. The fraction of sp³-hybridized carbons (Fsp3) is 0.368. The Balaban J connectivity index is 0.00000121. The van der Waals surface area contributed by atoms with Gasteiger partial charge < -0.3 is 24.8 Å². The van der Waals surface area contributed by atoms with Gasteiger partial charge in [-0.15, -0.1) is 0 Å². The summed E-state index contributed by atoms with van der Waals surface area (Å²) in [7, 11) is 0. The van der Waals surface area contributed by atoms with E-state index < -0.39 is 0 Å². The van der Waals surface area contributed by atoms with Crippen LogP contribution in [0.15, 0.2) is 30.3 Å². The van der Waals surface area contributed by atoms with E-state index in [4.69, 9.17) is 0 Å². The van der Waals surface area contributed by atoms with Gasteiger partial charge in [0.2, 0.25) is 0 Å². The zero-order valence-electron chi connectivity index (χ0n) is 13.5. The molecule has 0 aliphatic heterocycles. The summed E-state index contributed by atoms with van der Waals surface area (Å²) in [4.78, 5) is 0. The molecule has 1 aliphatic carbocycles. The van der Waals surface area contributed by atoms with Crippen LogP contribution in [0.2, 0.25) is 0 Å². The number of benzene rings is 2. The Morgan fingerprint density at radius 1 is 0.818 bits per heavy atom. The second kappa shape index (κ2) is 7.65. The van der Waals surface area contributed by atoms with Crippen LogP contribution in [0.1, 0.15) is 61.8 Å². The normalized spacial score (nSPS) is 11.8. The molecule has 2 aromatic rings. The minimum absolute atomic E-state index is 0. The minimum Gasteiger partial charge on any atom is -1.00 e. The molecule has 0 saturated heterocycles. The van der Waals surface area contributed by atoms with Crippen LogP contribution >= 0.6 is 0 Å². The van der Waals surface area contributed by atoms with E-state index in [1.54, 1.807) is 8.83 Å². The van der Waals surface area contributed by atoms with E-state index in [-0.39, 0.29) is 24.8 Å². The van der Waals surface area contributed by atoms with Gasteiger partial charge in [-0.05, 0) is 0 Å². The van der Waals surface area contributed by atoms with Crippen molar-refractivity contribution in [2.75, 3.05) is 0 Å². The molecule has 1 aliphatic rings. The average Bonchev–Trinajstić information content (AvgIpc) is 2.77. The molecule has 0 saturated carbocycles. The van der Waals surface area contributed by atoms with E-state index >= 15 is 0 Å². The average molecular weight is 412 g/mol. The topological polar surface area (TPSA) is 0 Å². The predicted octanol–water partition coefficient (Wildman–Crippen LogP) is -1.32. The molecule has 2 aromatic carbocycles. The summed E-state index contributed by atoms with van der Waals surface area (Å²) in [6.45, 7) is 9.13. The molecule has 0 spiro atoms. The summed E-state index contributed by atoms with van der Waals surface area (Å²) in [6.07, 6.45) is 1.13. The molecule has 0 amide bonds. The minimum atomic E-state index is 0. The van der Waals surface area contributed by atoms with Crippen molar-refractivity contribution in [2.45, 2.75) is 46.0 Å². The Hall–Kier alpha value is -0.0969. The summed E-state index contributed by atoms with van der Waals surface area (Å²) in [5.41, 5.74) is 9.01. The molecule has 115 valence electrons. The van der Waals surface area contributed by atoms with Crippen molar-refractivity contribution in [2.24, 2.45) is 0 Å². The smallest absolute Gasteiger partial charge is 1.00 e. The van der Waals surface area contributed by atoms with Crippen LogP contribution in [0.25, 0.3) is 11.1 Å². The van der Waals surface area contributed by atoms with Crippen LogP contribution in [-0.2, 0) is 31.1 Å². The second-order valence-corrected chi connectivity index (χ2v) is 7.82. The van der Waals surface area contributed by atoms with Crippen molar-refractivity contribution in [1.82, 2.24) is 0 Å². The molecule has 0 aromatic heterocycles. The predicted molar refractivity (Wildman–Crippen MR) is 82.5 cm³/mol. The summed E-state index contributed by atoms with van der Waals surface area (Å²) in [5.74, 6) is 1.21. The SMILES string of the molecule is CC(C)c1ccc2c(c1)-c1cc(C(C)C)c[c]([Zr+2])c1C2.[Cl-].[Cl-]. The van der Waals surface area contributed by atoms with Gasteiger partial charge in [-0.3, -0.25) is 0 Å². The van der Waals surface area contributed by atoms with E-state index in [1.807, 2.05) is 0 Å². The molecule has 22 heavy (non-hydrogen) atoms. The molecule has 0 atom stereocenters. The maximum atomic E-state index is 2.43. The van der Waals surface area contributed by atoms with Gasteiger partial charge in [0.25, 0.3) is 0 Å². The summed E-state index contributed by atoms with van der Waals surface area (Å²) < 4.78 is 1.54. The molecule has 0 heterocycles. The fourth-order valence-corrected chi connectivity index (χ4v) is 3.96. The molecule has 3 heteroatoms. The molecule has 0 nitrogen and oxygen atoms in total. The van der Waals surface area contributed by atoms with Crippen molar-refractivity contribution >= 4 is 3.27 Å². The van der Waals surface area contributed by atoms with Gasteiger partial charge in [0.05, 0.1) is 0 Å². The Morgan fingerprint density at radius 2 is 1.41 bits per heavy atom. The number of hydrogen-bond acceptors (Lipinski definition) is 0. The fourth-order valence-electron chi connectivity index (χ4n) is 3.01. The van der Waals surface area contributed by atoms with Gasteiger partial charge in [0, 0.05) is 0 Å². The van der Waals surface area contributed by atoms with Gasteiger partial charge >= 0.3 is 138 Å². The van der Waals surface area contributed by atoms with Crippen molar-refractivity contribution in [1.29, 1.82) is 0 Å². The van der Waals surface area contributed by atoms with Gasteiger partial charge in [-0.25, -0.2) is 0 Å². The van der Waals surface area contributed by atoms with Gasteiger partial charge in [-0.2, -0.15) is 0 Å². The van der Waals surface area contributed by atoms with Crippen LogP contribution < -0.4 is 28.1 Å². The first-order chi connectivity index (χ1) is 9.47. The quantitative estimate of drug-likeness (QED) is 0.491. The third-order valence-corrected chi connectivity index (χ3v) is 5.49. The number of rotatable bonds is 2. The van der Waals surface area contributed by atoms with Crippen molar-refractivity contribution in [3.63, 3.8) is 0 Å². The third-order valence-electron chi connectivity index (χ3n) is 4.40. The summed E-state index contributed by atoms with van der Waals surface area (Å²) >= 11 is 1.54. The van der Waals surface area contributed by atoms with E-state index in [1.165, 1.54) is 52.5 Å². The zero-order chi connectivity index (χ0) is 14.4. The van der Waals surface area contributed by atoms with Crippen LogP contribution in [0.4, 0.5) is 0 Å². The maximum absolute atomic E-state index is 2.43. The van der Waals surface area contributed by atoms with E-state index in [2.05, 4.69) is 58.0 Å². The molecule has 0 bridgehead atoms. The van der Waals surface area contributed by atoms with Crippen molar-refractivity contribution in [3.05, 3.63) is 52.6 Å². The first kappa shape index (κ1) is 19.9. The maximum Gasteiger partial charge on any atom is -1.00 e. The Kier molecular flexibility index (Phi) is 6.94. The monoisotopic (exact) mass is 409 g/mol. The number of halogens is 2. The Labute approximate surface area is 161 Å². The van der Waals surface area contributed by atoms with Gasteiger partial charge in [-0.1, -0.05) is 0 Å². The van der Waals surface area contributed by atoms with E-state index in [0.717, 1.165) is 6.42 Å². The van der Waals surface area contributed by atoms with Gasteiger partial charge in [0.1, 0.15) is 0 Å². The van der Waals surface area contributed by atoms with Crippen LogP contribution in [0, 0.1) is 0 Å². The third kappa shape index (κ3) is 3.53. The molecule has 3 rings (SSSR count). The number of hydrogen-bond donors (Lipinski definition) is 0. The zero-order valence-corrected chi connectivity index (χ0v) is 17.5. The molecular weight excluding hydrogens is 390 g/mol. The first-order valence-electron chi connectivity index (χ1n) is 7.49. The van der Waals surface area contributed by atoms with E-state index in [0.29, 0.717) is 11.8 Å². The van der Waals surface area contributed by atoms with Gasteiger partial charge in [0.15, 0.2) is 0 Å². The summed E-state index contributed by atoms with van der Waals surface area (Å²) in [5, 5.41) is 0. The second-order valence-electron chi connectivity index (χ2n) is 6.50. The van der Waals surface area contributed by atoms with E-state index in [9.17, 15) is 0 Å². The number of fused-ring (bicyclic) bond motifs is 3. The molecule has 0 N–H and O–H groups in total.